The van der Waals surface area contributed by atoms with Gasteiger partial charge < -0.3 is 14.6 Å². The lowest BCUT2D eigenvalue weighted by molar-refractivity contribution is 0.0948. The van der Waals surface area contributed by atoms with Crippen LogP contribution in [0.5, 0.6) is 0 Å². The van der Waals surface area contributed by atoms with Crippen LogP contribution in [-0.2, 0) is 13.0 Å². The zero-order valence-corrected chi connectivity index (χ0v) is 14.1. The Balaban J connectivity index is 1.76. The Hall–Kier alpha value is -2.66. The molecule has 5 nitrogen and oxygen atoms in total. The number of fused-ring (bicyclic) bond motifs is 1. The molecule has 124 valence electrons. The first-order chi connectivity index (χ1) is 11.6. The molecule has 2 aromatic heterocycles. The minimum absolute atomic E-state index is 0.119. The first kappa shape index (κ1) is 16.2. The molecular formula is C19H22N4O. The lowest BCUT2D eigenvalue weighted by Crippen LogP contribution is -2.28. The molecule has 5 heteroatoms. The predicted octanol–water partition coefficient (Wildman–Crippen LogP) is 2.37. The quantitative estimate of drug-likeness (QED) is 0.758. The van der Waals surface area contributed by atoms with Gasteiger partial charge in [-0.1, -0.05) is 36.4 Å². The third kappa shape index (κ3) is 3.63. The maximum atomic E-state index is 12.6. The van der Waals surface area contributed by atoms with Crippen LogP contribution >= 0.6 is 0 Å². The van der Waals surface area contributed by atoms with E-state index in [0.29, 0.717) is 18.8 Å². The van der Waals surface area contributed by atoms with Gasteiger partial charge in [-0.05, 0) is 38.2 Å². The number of aromatic nitrogens is 2. The largest absolute Gasteiger partial charge is 0.350 e. The van der Waals surface area contributed by atoms with Gasteiger partial charge in [-0.3, -0.25) is 4.79 Å². The van der Waals surface area contributed by atoms with Crippen molar-refractivity contribution in [3.05, 3.63) is 71.7 Å². The number of amides is 1. The maximum Gasteiger partial charge on any atom is 0.271 e. The van der Waals surface area contributed by atoms with Crippen molar-refractivity contribution >= 4 is 11.6 Å². The van der Waals surface area contributed by atoms with E-state index in [9.17, 15) is 4.79 Å². The highest BCUT2D eigenvalue weighted by atomic mass is 16.1. The van der Waals surface area contributed by atoms with Gasteiger partial charge in [0.25, 0.3) is 5.91 Å². The van der Waals surface area contributed by atoms with Crippen molar-refractivity contribution in [2.24, 2.45) is 0 Å². The number of nitrogens with one attached hydrogen (secondary N) is 1. The van der Waals surface area contributed by atoms with Crippen LogP contribution in [0, 0.1) is 0 Å². The SMILES string of the molecule is CN(C)Cc1c(C(=O)NCCc2ccccc2)nc2ccccn12. The standard InChI is InChI=1S/C19H22N4O/c1-22(2)14-16-18(21-17-10-6-7-13-23(16)17)19(24)20-12-11-15-8-4-3-5-9-15/h3-10,13H,11-12,14H2,1-2H3,(H,20,24). The molecular weight excluding hydrogens is 300 g/mol. The summed E-state index contributed by atoms with van der Waals surface area (Å²) in [6, 6.07) is 15.9. The fourth-order valence-electron chi connectivity index (χ4n) is 2.73. The van der Waals surface area contributed by atoms with Gasteiger partial charge in [-0.15, -0.1) is 0 Å². The van der Waals surface area contributed by atoms with Crippen molar-refractivity contribution in [2.45, 2.75) is 13.0 Å². The van der Waals surface area contributed by atoms with E-state index in [1.54, 1.807) is 0 Å². The van der Waals surface area contributed by atoms with E-state index in [1.165, 1.54) is 5.56 Å². The molecule has 1 amide bonds. The Morgan fingerprint density at radius 1 is 1.12 bits per heavy atom. The van der Waals surface area contributed by atoms with E-state index < -0.39 is 0 Å². The molecule has 0 aliphatic heterocycles. The normalized spacial score (nSPS) is 11.1. The van der Waals surface area contributed by atoms with Crippen LogP contribution in [0.4, 0.5) is 0 Å². The summed E-state index contributed by atoms with van der Waals surface area (Å²) in [5.41, 5.74) is 3.42. The number of imidazole rings is 1. The van der Waals surface area contributed by atoms with Crippen molar-refractivity contribution < 1.29 is 4.79 Å². The van der Waals surface area contributed by atoms with E-state index in [4.69, 9.17) is 0 Å². The van der Waals surface area contributed by atoms with E-state index in [2.05, 4.69) is 22.4 Å². The minimum Gasteiger partial charge on any atom is -0.350 e. The van der Waals surface area contributed by atoms with Crippen LogP contribution in [-0.4, -0.2) is 40.8 Å². The van der Waals surface area contributed by atoms with Gasteiger partial charge in [0.05, 0.1) is 5.69 Å². The molecule has 1 aromatic carbocycles. The molecule has 0 spiro atoms. The number of hydrogen-bond acceptors (Lipinski definition) is 3. The molecule has 2 heterocycles. The summed E-state index contributed by atoms with van der Waals surface area (Å²) in [5.74, 6) is -0.119. The van der Waals surface area contributed by atoms with Crippen LogP contribution < -0.4 is 5.32 Å². The number of pyridine rings is 1. The molecule has 0 radical (unpaired) electrons. The summed E-state index contributed by atoms with van der Waals surface area (Å²) in [7, 11) is 3.97. The van der Waals surface area contributed by atoms with E-state index in [-0.39, 0.29) is 5.91 Å². The van der Waals surface area contributed by atoms with Gasteiger partial charge in [-0.2, -0.15) is 0 Å². The number of nitrogens with zero attached hydrogens (tertiary/aromatic N) is 3. The van der Waals surface area contributed by atoms with Crippen molar-refractivity contribution in [3.63, 3.8) is 0 Å². The van der Waals surface area contributed by atoms with Crippen molar-refractivity contribution in [3.8, 4) is 0 Å². The average molecular weight is 322 g/mol. The molecule has 0 bridgehead atoms. The Kier molecular flexibility index (Phi) is 4.91. The molecule has 0 saturated carbocycles. The van der Waals surface area contributed by atoms with Gasteiger partial charge >= 0.3 is 0 Å². The molecule has 3 aromatic rings. The zero-order chi connectivity index (χ0) is 16.9. The first-order valence-corrected chi connectivity index (χ1v) is 8.08. The molecule has 0 unspecified atom stereocenters. The van der Waals surface area contributed by atoms with E-state index in [1.807, 2.05) is 66.0 Å². The van der Waals surface area contributed by atoms with Crippen molar-refractivity contribution in [1.82, 2.24) is 19.6 Å². The van der Waals surface area contributed by atoms with Crippen molar-refractivity contribution in [2.75, 3.05) is 20.6 Å². The maximum absolute atomic E-state index is 12.6. The lowest BCUT2D eigenvalue weighted by Gasteiger charge is -2.11. The number of rotatable bonds is 6. The lowest BCUT2D eigenvalue weighted by atomic mass is 10.1. The molecule has 1 N–H and O–H groups in total. The Bertz CT molecular complexity index is 824. The number of carbonyl (C=O) groups is 1. The monoisotopic (exact) mass is 322 g/mol. The third-order valence-electron chi connectivity index (χ3n) is 3.85. The zero-order valence-electron chi connectivity index (χ0n) is 14.1. The highest BCUT2D eigenvalue weighted by molar-refractivity contribution is 5.94. The molecule has 0 saturated heterocycles. The second-order valence-corrected chi connectivity index (χ2v) is 6.07. The predicted molar refractivity (Wildman–Crippen MR) is 95.1 cm³/mol. The molecule has 0 fully saturated rings. The van der Waals surface area contributed by atoms with Gasteiger partial charge in [0.1, 0.15) is 5.65 Å². The first-order valence-electron chi connectivity index (χ1n) is 8.08. The van der Waals surface area contributed by atoms with Crippen LogP contribution in [0.25, 0.3) is 5.65 Å². The minimum atomic E-state index is -0.119. The van der Waals surface area contributed by atoms with Gasteiger partial charge in [0, 0.05) is 19.3 Å². The van der Waals surface area contributed by atoms with Crippen LogP contribution in [0.1, 0.15) is 21.7 Å². The Morgan fingerprint density at radius 2 is 1.88 bits per heavy atom. The molecule has 0 atom stereocenters. The number of hydrogen-bond donors (Lipinski definition) is 1. The van der Waals surface area contributed by atoms with E-state index in [0.717, 1.165) is 17.8 Å². The Labute approximate surface area is 141 Å². The van der Waals surface area contributed by atoms with Crippen LogP contribution in [0.15, 0.2) is 54.7 Å². The highest BCUT2D eigenvalue weighted by Gasteiger charge is 2.18. The second-order valence-electron chi connectivity index (χ2n) is 6.07. The van der Waals surface area contributed by atoms with Crippen LogP contribution in [0.2, 0.25) is 0 Å². The van der Waals surface area contributed by atoms with Gasteiger partial charge in [-0.25, -0.2) is 4.98 Å². The second kappa shape index (κ2) is 7.27. The number of carbonyl (C=O) groups excluding carboxylic acids is 1. The smallest absolute Gasteiger partial charge is 0.271 e. The van der Waals surface area contributed by atoms with Crippen molar-refractivity contribution in [1.29, 1.82) is 0 Å². The summed E-state index contributed by atoms with van der Waals surface area (Å²) >= 11 is 0. The molecule has 0 aliphatic carbocycles. The summed E-state index contributed by atoms with van der Waals surface area (Å²) in [4.78, 5) is 19.2. The summed E-state index contributed by atoms with van der Waals surface area (Å²) in [6.07, 6.45) is 2.75. The molecule has 3 rings (SSSR count). The molecule has 0 aliphatic rings. The van der Waals surface area contributed by atoms with Crippen LogP contribution in [0.3, 0.4) is 0 Å². The average Bonchev–Trinajstić information content (AvgIpc) is 2.94. The third-order valence-corrected chi connectivity index (χ3v) is 3.85. The highest BCUT2D eigenvalue weighted by Crippen LogP contribution is 2.14. The topological polar surface area (TPSA) is 49.6 Å². The van der Waals surface area contributed by atoms with E-state index >= 15 is 0 Å². The fourth-order valence-corrected chi connectivity index (χ4v) is 2.73. The van der Waals surface area contributed by atoms with Gasteiger partial charge in [0.15, 0.2) is 5.69 Å². The summed E-state index contributed by atoms with van der Waals surface area (Å²) in [6.45, 7) is 1.25. The number of benzene rings is 1. The summed E-state index contributed by atoms with van der Waals surface area (Å²) in [5, 5.41) is 2.99. The Morgan fingerprint density at radius 3 is 2.62 bits per heavy atom. The summed E-state index contributed by atoms with van der Waals surface area (Å²) < 4.78 is 1.98. The van der Waals surface area contributed by atoms with Gasteiger partial charge in [0.2, 0.25) is 0 Å². The molecule has 24 heavy (non-hydrogen) atoms. The fraction of sp³-hybridized carbons (Fsp3) is 0.263.